The molecule has 1 saturated heterocycles. The van der Waals surface area contributed by atoms with Crippen LogP contribution in [-0.4, -0.2) is 46.2 Å². The zero-order valence-electron chi connectivity index (χ0n) is 17.7. The van der Waals surface area contributed by atoms with Gasteiger partial charge in [-0.25, -0.2) is 0 Å². The van der Waals surface area contributed by atoms with Crippen LogP contribution in [0.15, 0.2) is 59.6 Å². The van der Waals surface area contributed by atoms with Gasteiger partial charge in [0.25, 0.3) is 0 Å². The summed E-state index contributed by atoms with van der Waals surface area (Å²) in [4.78, 5) is 18.9. The van der Waals surface area contributed by atoms with Crippen molar-refractivity contribution in [2.24, 2.45) is 4.99 Å². The standard InChI is InChI=1S/C24H30N4O2/c1-20(29)25-24-27(17-16-26-14-8-3-9-15-26)22-12-6-7-13-23(22)28(24)18-19-30-21-10-4-2-5-11-21/h2,4-7,10-13H,3,8-9,14-19H2,1H3. The number of carbonyl (C=O) groups is 1. The summed E-state index contributed by atoms with van der Waals surface area (Å²) in [6.07, 6.45) is 3.87. The van der Waals surface area contributed by atoms with E-state index in [1.165, 1.54) is 26.2 Å². The third-order valence-corrected chi connectivity index (χ3v) is 5.62. The number of hydrogen-bond acceptors (Lipinski definition) is 3. The molecular formula is C24H30N4O2. The monoisotopic (exact) mass is 406 g/mol. The molecule has 1 amide bonds. The summed E-state index contributed by atoms with van der Waals surface area (Å²) in [6, 6.07) is 18.1. The SMILES string of the molecule is CC(=O)N=c1n(CCOc2ccccc2)c2ccccc2n1CCN1CCCCC1. The number of imidazole rings is 1. The predicted molar refractivity (Wildman–Crippen MR) is 118 cm³/mol. The topological polar surface area (TPSA) is 51.8 Å². The maximum Gasteiger partial charge on any atom is 0.245 e. The molecule has 3 aromatic rings. The zero-order valence-corrected chi connectivity index (χ0v) is 17.7. The molecule has 6 heteroatoms. The van der Waals surface area contributed by atoms with Crippen molar-refractivity contribution in [3.8, 4) is 5.75 Å². The van der Waals surface area contributed by atoms with Crippen LogP contribution in [0.4, 0.5) is 0 Å². The summed E-state index contributed by atoms with van der Waals surface area (Å²) in [7, 11) is 0. The minimum atomic E-state index is -0.185. The van der Waals surface area contributed by atoms with Crippen LogP contribution in [0.3, 0.4) is 0 Å². The minimum absolute atomic E-state index is 0.185. The molecule has 1 aliphatic rings. The lowest BCUT2D eigenvalue weighted by Gasteiger charge is -2.26. The summed E-state index contributed by atoms with van der Waals surface area (Å²) in [6.45, 7) is 6.75. The number of piperidine rings is 1. The fraction of sp³-hybridized carbons (Fsp3) is 0.417. The highest BCUT2D eigenvalue weighted by molar-refractivity contribution is 5.77. The van der Waals surface area contributed by atoms with E-state index in [4.69, 9.17) is 4.74 Å². The van der Waals surface area contributed by atoms with Crippen molar-refractivity contribution in [1.82, 2.24) is 14.0 Å². The quantitative estimate of drug-likeness (QED) is 0.604. The van der Waals surface area contributed by atoms with Crippen molar-refractivity contribution >= 4 is 16.9 Å². The van der Waals surface area contributed by atoms with E-state index in [1.807, 2.05) is 42.5 Å². The summed E-state index contributed by atoms with van der Waals surface area (Å²) in [5.41, 5.74) is 2.89. The third-order valence-electron chi connectivity index (χ3n) is 5.62. The van der Waals surface area contributed by atoms with E-state index >= 15 is 0 Å². The lowest BCUT2D eigenvalue weighted by molar-refractivity contribution is -0.116. The fourth-order valence-corrected chi connectivity index (χ4v) is 4.18. The van der Waals surface area contributed by atoms with Crippen molar-refractivity contribution in [2.75, 3.05) is 26.2 Å². The van der Waals surface area contributed by atoms with E-state index in [-0.39, 0.29) is 5.91 Å². The van der Waals surface area contributed by atoms with Gasteiger partial charge in [-0.2, -0.15) is 4.99 Å². The van der Waals surface area contributed by atoms with Gasteiger partial charge in [0.15, 0.2) is 0 Å². The Morgan fingerprint density at radius 1 is 0.867 bits per heavy atom. The minimum Gasteiger partial charge on any atom is -0.492 e. The van der Waals surface area contributed by atoms with Crippen LogP contribution in [0, 0.1) is 0 Å². The van der Waals surface area contributed by atoms with Gasteiger partial charge >= 0.3 is 0 Å². The lowest BCUT2D eigenvalue weighted by Crippen LogP contribution is -2.36. The van der Waals surface area contributed by atoms with E-state index in [0.29, 0.717) is 18.8 Å². The van der Waals surface area contributed by atoms with Crippen molar-refractivity contribution in [1.29, 1.82) is 0 Å². The second kappa shape index (κ2) is 9.76. The third kappa shape index (κ3) is 4.82. The van der Waals surface area contributed by atoms with E-state index in [0.717, 1.165) is 43.0 Å². The summed E-state index contributed by atoms with van der Waals surface area (Å²) in [5, 5.41) is 0. The molecule has 0 aliphatic carbocycles. The van der Waals surface area contributed by atoms with E-state index in [1.54, 1.807) is 0 Å². The lowest BCUT2D eigenvalue weighted by atomic mass is 10.1. The molecule has 6 nitrogen and oxygen atoms in total. The van der Waals surface area contributed by atoms with E-state index < -0.39 is 0 Å². The highest BCUT2D eigenvalue weighted by Crippen LogP contribution is 2.15. The highest BCUT2D eigenvalue weighted by atomic mass is 16.5. The Balaban J connectivity index is 1.63. The second-order valence-electron chi connectivity index (χ2n) is 7.79. The summed E-state index contributed by atoms with van der Waals surface area (Å²) in [5.74, 6) is 0.659. The average Bonchev–Trinajstić information content (AvgIpc) is 3.06. The van der Waals surface area contributed by atoms with E-state index in [2.05, 4.69) is 31.2 Å². The van der Waals surface area contributed by atoms with Gasteiger partial charge in [0.1, 0.15) is 12.4 Å². The molecule has 2 heterocycles. The highest BCUT2D eigenvalue weighted by Gasteiger charge is 2.15. The Morgan fingerprint density at radius 2 is 1.50 bits per heavy atom. The van der Waals surface area contributed by atoms with Gasteiger partial charge in [-0.15, -0.1) is 0 Å². The number of benzene rings is 2. The van der Waals surface area contributed by atoms with Crippen molar-refractivity contribution in [3.05, 3.63) is 60.2 Å². The van der Waals surface area contributed by atoms with Crippen LogP contribution in [0.5, 0.6) is 5.75 Å². The number of amides is 1. The number of likely N-dealkylation sites (tertiary alicyclic amines) is 1. The predicted octanol–water partition coefficient (Wildman–Crippen LogP) is 3.45. The Kier molecular flexibility index (Phi) is 6.64. The summed E-state index contributed by atoms with van der Waals surface area (Å²) >= 11 is 0. The van der Waals surface area contributed by atoms with Gasteiger partial charge in [-0.05, 0) is 50.2 Å². The smallest absolute Gasteiger partial charge is 0.245 e. The molecule has 1 aliphatic heterocycles. The average molecular weight is 407 g/mol. The van der Waals surface area contributed by atoms with Gasteiger partial charge in [0.05, 0.1) is 17.6 Å². The molecule has 0 unspecified atom stereocenters. The van der Waals surface area contributed by atoms with Crippen LogP contribution >= 0.6 is 0 Å². The molecule has 2 aromatic carbocycles. The van der Waals surface area contributed by atoms with Gasteiger partial charge in [-0.1, -0.05) is 36.8 Å². The molecule has 0 saturated carbocycles. The Labute approximate surface area is 177 Å². The van der Waals surface area contributed by atoms with Crippen LogP contribution in [0.2, 0.25) is 0 Å². The molecule has 1 fully saturated rings. The normalized spacial score (nSPS) is 15.6. The molecule has 0 radical (unpaired) electrons. The van der Waals surface area contributed by atoms with E-state index in [9.17, 15) is 4.79 Å². The van der Waals surface area contributed by atoms with Crippen LogP contribution in [0.1, 0.15) is 26.2 Å². The molecule has 1 aromatic heterocycles. The molecule has 30 heavy (non-hydrogen) atoms. The molecule has 0 N–H and O–H groups in total. The number of ether oxygens (including phenoxy) is 1. The largest absolute Gasteiger partial charge is 0.492 e. The first kappa shape index (κ1) is 20.4. The van der Waals surface area contributed by atoms with Crippen LogP contribution in [-0.2, 0) is 17.9 Å². The molecule has 158 valence electrons. The fourth-order valence-electron chi connectivity index (χ4n) is 4.18. The Morgan fingerprint density at radius 3 is 2.17 bits per heavy atom. The Bertz CT molecular complexity index is 1050. The van der Waals surface area contributed by atoms with Gasteiger partial charge < -0.3 is 18.8 Å². The van der Waals surface area contributed by atoms with Gasteiger partial charge in [0, 0.05) is 20.0 Å². The maximum absolute atomic E-state index is 12.0. The number of carbonyl (C=O) groups excluding carboxylic acids is 1. The first-order chi connectivity index (χ1) is 14.7. The zero-order chi connectivity index (χ0) is 20.8. The van der Waals surface area contributed by atoms with Gasteiger partial charge in [0.2, 0.25) is 11.5 Å². The van der Waals surface area contributed by atoms with Crippen molar-refractivity contribution in [2.45, 2.75) is 39.3 Å². The number of nitrogens with zero attached hydrogens (tertiary/aromatic N) is 4. The number of para-hydroxylation sites is 3. The molecule has 0 bridgehead atoms. The maximum atomic E-state index is 12.0. The molecule has 4 rings (SSSR count). The first-order valence-electron chi connectivity index (χ1n) is 10.9. The van der Waals surface area contributed by atoms with Crippen LogP contribution < -0.4 is 10.4 Å². The number of fused-ring (bicyclic) bond motifs is 1. The van der Waals surface area contributed by atoms with Crippen LogP contribution in [0.25, 0.3) is 11.0 Å². The molecular weight excluding hydrogens is 376 g/mol. The summed E-state index contributed by atoms with van der Waals surface area (Å²) < 4.78 is 10.2. The second-order valence-corrected chi connectivity index (χ2v) is 7.79. The molecule has 0 spiro atoms. The number of rotatable bonds is 7. The number of aromatic nitrogens is 2. The Hall–Kier alpha value is -2.86. The molecule has 0 atom stereocenters. The van der Waals surface area contributed by atoms with Crippen molar-refractivity contribution in [3.63, 3.8) is 0 Å². The van der Waals surface area contributed by atoms with Gasteiger partial charge in [-0.3, -0.25) is 4.79 Å². The van der Waals surface area contributed by atoms with Crippen molar-refractivity contribution < 1.29 is 9.53 Å². The number of hydrogen-bond donors (Lipinski definition) is 0. The first-order valence-corrected chi connectivity index (χ1v) is 10.9.